The summed E-state index contributed by atoms with van der Waals surface area (Å²) < 4.78 is 0. The maximum atomic E-state index is 12.3. The summed E-state index contributed by atoms with van der Waals surface area (Å²) in [5.74, 6) is -0.0695. The second-order valence-corrected chi connectivity index (χ2v) is 5.57. The fourth-order valence-corrected chi connectivity index (χ4v) is 2.57. The Labute approximate surface area is 135 Å². The van der Waals surface area contributed by atoms with E-state index in [1.807, 2.05) is 48.5 Å². The van der Waals surface area contributed by atoms with Gasteiger partial charge in [-0.15, -0.1) is 0 Å². The van der Waals surface area contributed by atoms with Crippen LogP contribution in [0.25, 0.3) is 0 Å². The van der Waals surface area contributed by atoms with E-state index in [0.717, 1.165) is 11.1 Å². The molecular formula is C18H20ClNO2. The number of aliphatic hydroxyl groups excluding tert-OH is 1. The molecule has 0 aromatic heterocycles. The summed E-state index contributed by atoms with van der Waals surface area (Å²) in [6.45, 7) is 0.115. The first-order valence-electron chi connectivity index (χ1n) is 7.39. The van der Waals surface area contributed by atoms with E-state index in [2.05, 4.69) is 5.32 Å². The first-order valence-corrected chi connectivity index (χ1v) is 7.77. The molecule has 0 spiro atoms. The van der Waals surface area contributed by atoms with Gasteiger partial charge in [0.05, 0.1) is 12.5 Å². The van der Waals surface area contributed by atoms with E-state index in [-0.39, 0.29) is 25.0 Å². The highest BCUT2D eigenvalue weighted by Gasteiger charge is 2.15. The van der Waals surface area contributed by atoms with Gasteiger partial charge in [-0.25, -0.2) is 0 Å². The van der Waals surface area contributed by atoms with Crippen molar-refractivity contribution in [1.82, 2.24) is 5.32 Å². The van der Waals surface area contributed by atoms with Gasteiger partial charge in [0.15, 0.2) is 0 Å². The fraction of sp³-hybridized carbons (Fsp3) is 0.278. The summed E-state index contributed by atoms with van der Waals surface area (Å²) in [5, 5.41) is 12.7. The van der Waals surface area contributed by atoms with Gasteiger partial charge >= 0.3 is 0 Å². The van der Waals surface area contributed by atoms with E-state index in [9.17, 15) is 4.79 Å². The number of amides is 1. The van der Waals surface area contributed by atoms with Crippen molar-refractivity contribution < 1.29 is 9.90 Å². The zero-order valence-corrected chi connectivity index (χ0v) is 13.1. The molecule has 0 fully saturated rings. The van der Waals surface area contributed by atoms with Crippen molar-refractivity contribution in [2.24, 2.45) is 0 Å². The van der Waals surface area contributed by atoms with Crippen molar-refractivity contribution in [2.75, 3.05) is 6.61 Å². The molecule has 3 nitrogen and oxygen atoms in total. The first-order chi connectivity index (χ1) is 10.7. The third-order valence-electron chi connectivity index (χ3n) is 3.50. The van der Waals surface area contributed by atoms with Gasteiger partial charge in [0.25, 0.3) is 0 Å². The zero-order chi connectivity index (χ0) is 15.8. The Balaban J connectivity index is 2.03. The molecule has 2 aromatic carbocycles. The summed E-state index contributed by atoms with van der Waals surface area (Å²) in [5.41, 5.74) is 1.86. The van der Waals surface area contributed by atoms with E-state index in [1.165, 1.54) is 0 Å². The average Bonchev–Trinajstić information content (AvgIpc) is 2.54. The highest BCUT2D eigenvalue weighted by molar-refractivity contribution is 6.31. The molecule has 0 saturated carbocycles. The van der Waals surface area contributed by atoms with Crippen molar-refractivity contribution in [3.8, 4) is 0 Å². The number of carbonyl (C=O) groups is 1. The Kier molecular flexibility index (Phi) is 6.44. The van der Waals surface area contributed by atoms with Crippen LogP contribution < -0.4 is 5.32 Å². The topological polar surface area (TPSA) is 49.3 Å². The molecule has 0 aliphatic carbocycles. The molecule has 116 valence electrons. The molecule has 4 heteroatoms. The lowest BCUT2D eigenvalue weighted by molar-refractivity contribution is -0.121. The molecule has 2 aromatic rings. The van der Waals surface area contributed by atoms with Crippen LogP contribution in [0, 0.1) is 0 Å². The standard InChI is InChI=1S/C18H20ClNO2/c19-16-10-5-4-9-15(16)13-18(22)20-17(11-6-12-21)14-7-2-1-3-8-14/h1-5,7-10,17,21H,6,11-13H2,(H,20,22)/t17-/m0/s1. The predicted molar refractivity (Wildman–Crippen MR) is 88.8 cm³/mol. The van der Waals surface area contributed by atoms with Crippen LogP contribution in [0.3, 0.4) is 0 Å². The van der Waals surface area contributed by atoms with Crippen LogP contribution in [-0.4, -0.2) is 17.6 Å². The monoisotopic (exact) mass is 317 g/mol. The van der Waals surface area contributed by atoms with Crippen LogP contribution >= 0.6 is 11.6 Å². The molecule has 0 radical (unpaired) electrons. The molecule has 1 atom stereocenters. The van der Waals surface area contributed by atoms with E-state index in [4.69, 9.17) is 16.7 Å². The third-order valence-corrected chi connectivity index (χ3v) is 3.87. The van der Waals surface area contributed by atoms with E-state index >= 15 is 0 Å². The molecular weight excluding hydrogens is 298 g/mol. The Morgan fingerprint density at radius 1 is 1.09 bits per heavy atom. The average molecular weight is 318 g/mol. The second kappa shape index (κ2) is 8.57. The molecule has 2 rings (SSSR count). The summed E-state index contributed by atoms with van der Waals surface area (Å²) in [6.07, 6.45) is 1.60. The molecule has 0 unspecified atom stereocenters. The van der Waals surface area contributed by atoms with Gasteiger partial charge in [-0.05, 0) is 30.0 Å². The number of halogens is 1. The molecule has 0 saturated heterocycles. The summed E-state index contributed by atoms with van der Waals surface area (Å²) in [6, 6.07) is 17.1. The number of hydrogen-bond acceptors (Lipinski definition) is 2. The maximum absolute atomic E-state index is 12.3. The van der Waals surface area contributed by atoms with Gasteiger partial charge in [0, 0.05) is 11.6 Å². The smallest absolute Gasteiger partial charge is 0.224 e. The SMILES string of the molecule is O=C(Cc1ccccc1Cl)N[C@@H](CCCO)c1ccccc1. The Bertz CT molecular complexity index is 601. The number of benzene rings is 2. The van der Waals surface area contributed by atoms with Gasteiger partial charge < -0.3 is 10.4 Å². The highest BCUT2D eigenvalue weighted by Crippen LogP contribution is 2.20. The third kappa shape index (κ3) is 4.86. The summed E-state index contributed by atoms with van der Waals surface area (Å²) in [4.78, 5) is 12.3. The fourth-order valence-electron chi connectivity index (χ4n) is 2.36. The number of nitrogens with one attached hydrogen (secondary N) is 1. The Morgan fingerprint density at radius 2 is 1.77 bits per heavy atom. The second-order valence-electron chi connectivity index (χ2n) is 5.16. The van der Waals surface area contributed by atoms with Crippen molar-refractivity contribution >= 4 is 17.5 Å². The molecule has 0 aliphatic rings. The number of hydrogen-bond donors (Lipinski definition) is 2. The number of carbonyl (C=O) groups excluding carboxylic acids is 1. The Morgan fingerprint density at radius 3 is 2.45 bits per heavy atom. The molecule has 0 aliphatic heterocycles. The minimum absolute atomic E-state index is 0.0695. The lowest BCUT2D eigenvalue weighted by Gasteiger charge is -2.19. The van der Waals surface area contributed by atoms with Crippen molar-refractivity contribution in [1.29, 1.82) is 0 Å². The molecule has 2 N–H and O–H groups in total. The largest absolute Gasteiger partial charge is 0.396 e. The van der Waals surface area contributed by atoms with Crippen LogP contribution in [0.15, 0.2) is 54.6 Å². The number of rotatable bonds is 7. The minimum atomic E-state index is -0.0941. The maximum Gasteiger partial charge on any atom is 0.224 e. The van der Waals surface area contributed by atoms with Crippen LogP contribution in [-0.2, 0) is 11.2 Å². The lowest BCUT2D eigenvalue weighted by Crippen LogP contribution is -2.30. The van der Waals surface area contributed by atoms with Crippen molar-refractivity contribution in [3.05, 3.63) is 70.7 Å². The van der Waals surface area contributed by atoms with Gasteiger partial charge in [0.2, 0.25) is 5.91 Å². The first kappa shape index (κ1) is 16.5. The molecule has 1 amide bonds. The zero-order valence-electron chi connectivity index (χ0n) is 12.3. The summed E-state index contributed by atoms with van der Waals surface area (Å²) >= 11 is 6.09. The lowest BCUT2D eigenvalue weighted by atomic mass is 10.0. The molecule has 0 bridgehead atoms. The van der Waals surface area contributed by atoms with E-state index < -0.39 is 0 Å². The molecule has 22 heavy (non-hydrogen) atoms. The molecule has 0 heterocycles. The quantitative estimate of drug-likeness (QED) is 0.821. The normalized spacial score (nSPS) is 11.9. The Hall–Kier alpha value is -1.84. The minimum Gasteiger partial charge on any atom is -0.396 e. The van der Waals surface area contributed by atoms with E-state index in [1.54, 1.807) is 6.07 Å². The van der Waals surface area contributed by atoms with Crippen LogP contribution in [0.5, 0.6) is 0 Å². The van der Waals surface area contributed by atoms with Crippen molar-refractivity contribution in [3.63, 3.8) is 0 Å². The van der Waals surface area contributed by atoms with Gasteiger partial charge in [-0.2, -0.15) is 0 Å². The van der Waals surface area contributed by atoms with E-state index in [0.29, 0.717) is 17.9 Å². The number of aliphatic hydroxyl groups is 1. The predicted octanol–water partition coefficient (Wildman–Crippen LogP) is 3.51. The highest BCUT2D eigenvalue weighted by atomic mass is 35.5. The van der Waals surface area contributed by atoms with Gasteiger partial charge in [-0.1, -0.05) is 60.1 Å². The van der Waals surface area contributed by atoms with Crippen molar-refractivity contribution in [2.45, 2.75) is 25.3 Å². The van der Waals surface area contributed by atoms with Gasteiger partial charge in [0.1, 0.15) is 0 Å². The van der Waals surface area contributed by atoms with Crippen LogP contribution in [0.4, 0.5) is 0 Å². The summed E-state index contributed by atoms with van der Waals surface area (Å²) in [7, 11) is 0. The van der Waals surface area contributed by atoms with Gasteiger partial charge in [-0.3, -0.25) is 4.79 Å². The van der Waals surface area contributed by atoms with Crippen LogP contribution in [0.1, 0.15) is 30.0 Å². The van der Waals surface area contributed by atoms with Crippen LogP contribution in [0.2, 0.25) is 5.02 Å².